The molecule has 0 unspecified atom stereocenters. The monoisotopic (exact) mass is 393 g/mol. The highest BCUT2D eigenvalue weighted by Gasteiger charge is 2.19. The number of hydrogen-bond donors (Lipinski definition) is 1. The maximum Gasteiger partial charge on any atom is 0.271 e. The summed E-state index contributed by atoms with van der Waals surface area (Å²) >= 11 is 8.86. The summed E-state index contributed by atoms with van der Waals surface area (Å²) in [5, 5.41) is 13.3. The second kappa shape index (κ2) is 7.38. The van der Waals surface area contributed by atoms with Crippen LogP contribution >= 0.6 is 34.7 Å². The van der Waals surface area contributed by atoms with Crippen molar-refractivity contribution in [3.63, 3.8) is 0 Å². The fraction of sp³-hybridized carbons (Fsp3) is 0.125. The van der Waals surface area contributed by atoms with Gasteiger partial charge in [0.2, 0.25) is 5.91 Å². The molecule has 1 atom stereocenters. The number of nitro groups is 1. The maximum absolute atomic E-state index is 12.4. The van der Waals surface area contributed by atoms with Gasteiger partial charge in [0.1, 0.15) is 0 Å². The Kier molecular flexibility index (Phi) is 5.22. The molecule has 1 amide bonds. The number of nitrogens with zero attached hydrogens (tertiary/aromatic N) is 2. The van der Waals surface area contributed by atoms with Crippen LogP contribution in [-0.2, 0) is 4.79 Å². The minimum atomic E-state index is -0.536. The van der Waals surface area contributed by atoms with Crippen molar-refractivity contribution in [1.82, 2.24) is 4.98 Å². The van der Waals surface area contributed by atoms with Crippen LogP contribution in [0.15, 0.2) is 46.8 Å². The van der Waals surface area contributed by atoms with Gasteiger partial charge in [0, 0.05) is 12.1 Å². The third kappa shape index (κ3) is 4.09. The van der Waals surface area contributed by atoms with Crippen LogP contribution in [0, 0.1) is 10.1 Å². The molecule has 0 radical (unpaired) electrons. The molecule has 1 heterocycles. The van der Waals surface area contributed by atoms with E-state index in [0.29, 0.717) is 0 Å². The number of benzene rings is 2. The molecule has 0 aliphatic rings. The average molecular weight is 394 g/mol. The Balaban J connectivity index is 1.72. The number of carbonyl (C=O) groups excluding carboxylic acids is 1. The van der Waals surface area contributed by atoms with Crippen molar-refractivity contribution >= 4 is 62.2 Å². The van der Waals surface area contributed by atoms with Crippen LogP contribution in [0.1, 0.15) is 6.92 Å². The van der Waals surface area contributed by atoms with Gasteiger partial charge in [0.05, 0.1) is 31.1 Å². The molecule has 2 aromatic carbocycles. The van der Waals surface area contributed by atoms with E-state index in [9.17, 15) is 14.9 Å². The highest BCUT2D eigenvalue weighted by molar-refractivity contribution is 8.02. The van der Waals surface area contributed by atoms with E-state index in [1.165, 1.54) is 41.3 Å². The van der Waals surface area contributed by atoms with E-state index in [4.69, 9.17) is 11.6 Å². The van der Waals surface area contributed by atoms with Crippen molar-refractivity contribution in [1.29, 1.82) is 0 Å². The maximum atomic E-state index is 12.4. The van der Waals surface area contributed by atoms with Gasteiger partial charge in [-0.2, -0.15) is 0 Å². The minimum absolute atomic E-state index is 0.133. The second-order valence-electron chi connectivity index (χ2n) is 5.12. The molecule has 0 saturated carbocycles. The van der Waals surface area contributed by atoms with Crippen molar-refractivity contribution in [2.75, 3.05) is 5.32 Å². The Morgan fingerprint density at radius 3 is 2.84 bits per heavy atom. The molecule has 0 spiro atoms. The molecule has 1 aromatic heterocycles. The van der Waals surface area contributed by atoms with E-state index in [1.54, 1.807) is 6.92 Å². The SMILES string of the molecule is C[C@H](Sc1nc2ccccc2s1)C(=O)Nc1cc([N+](=O)[O-])ccc1Cl. The molecule has 0 bridgehead atoms. The highest BCUT2D eigenvalue weighted by atomic mass is 35.5. The zero-order valence-corrected chi connectivity index (χ0v) is 15.3. The summed E-state index contributed by atoms with van der Waals surface area (Å²) in [5.74, 6) is -0.299. The summed E-state index contributed by atoms with van der Waals surface area (Å²) < 4.78 is 1.84. The van der Waals surface area contributed by atoms with Gasteiger partial charge in [-0.1, -0.05) is 35.5 Å². The van der Waals surface area contributed by atoms with E-state index in [1.807, 2.05) is 24.3 Å². The third-order valence-electron chi connectivity index (χ3n) is 3.34. The summed E-state index contributed by atoms with van der Waals surface area (Å²) in [4.78, 5) is 27.2. The van der Waals surface area contributed by atoms with E-state index in [-0.39, 0.29) is 22.3 Å². The first kappa shape index (κ1) is 17.7. The van der Waals surface area contributed by atoms with Crippen molar-refractivity contribution in [2.24, 2.45) is 0 Å². The smallest absolute Gasteiger partial charge is 0.271 e. The van der Waals surface area contributed by atoms with Gasteiger partial charge in [-0.25, -0.2) is 4.98 Å². The van der Waals surface area contributed by atoms with Gasteiger partial charge in [-0.3, -0.25) is 14.9 Å². The molecule has 9 heteroatoms. The highest BCUT2D eigenvalue weighted by Crippen LogP contribution is 2.33. The molecule has 0 aliphatic carbocycles. The molecule has 25 heavy (non-hydrogen) atoms. The average Bonchev–Trinajstić information content (AvgIpc) is 2.98. The molecular formula is C16H12ClN3O3S2. The molecule has 0 saturated heterocycles. The number of aromatic nitrogens is 1. The zero-order valence-electron chi connectivity index (χ0n) is 12.9. The number of non-ortho nitro benzene ring substituents is 1. The quantitative estimate of drug-likeness (QED) is 0.375. The first-order valence-corrected chi connectivity index (χ1v) is 9.28. The predicted octanol–water partition coefficient (Wildman–Crippen LogP) is 4.98. The summed E-state index contributed by atoms with van der Waals surface area (Å²) in [5.41, 5.74) is 0.980. The van der Waals surface area contributed by atoms with E-state index >= 15 is 0 Å². The van der Waals surface area contributed by atoms with E-state index in [0.717, 1.165) is 14.6 Å². The van der Waals surface area contributed by atoms with Crippen molar-refractivity contribution in [3.8, 4) is 0 Å². The fourth-order valence-corrected chi connectivity index (χ4v) is 4.44. The van der Waals surface area contributed by atoms with Crippen LogP contribution in [0.4, 0.5) is 11.4 Å². The van der Waals surface area contributed by atoms with Gasteiger partial charge >= 0.3 is 0 Å². The second-order valence-corrected chi connectivity index (χ2v) is 8.14. The Hall–Kier alpha value is -2.16. The lowest BCUT2D eigenvalue weighted by molar-refractivity contribution is -0.384. The standard InChI is InChI=1S/C16H12ClN3O3S2/c1-9(24-16-19-12-4-2-3-5-14(12)25-16)15(21)18-13-8-10(20(22)23)6-7-11(13)17/h2-9H,1H3,(H,18,21)/t9-/m0/s1. The summed E-state index contributed by atoms with van der Waals surface area (Å²) in [6.45, 7) is 1.75. The first-order chi connectivity index (χ1) is 11.9. The van der Waals surface area contributed by atoms with Gasteiger partial charge in [-0.05, 0) is 25.1 Å². The van der Waals surface area contributed by atoms with Crippen LogP contribution in [0.3, 0.4) is 0 Å². The largest absolute Gasteiger partial charge is 0.324 e. The molecule has 3 rings (SSSR count). The van der Waals surface area contributed by atoms with Crippen molar-refractivity contribution in [3.05, 3.63) is 57.6 Å². The number of thioether (sulfide) groups is 1. The molecule has 128 valence electrons. The minimum Gasteiger partial charge on any atom is -0.324 e. The van der Waals surface area contributed by atoms with E-state index in [2.05, 4.69) is 10.3 Å². The number of amides is 1. The Labute approximate surface area is 156 Å². The number of halogens is 1. The topological polar surface area (TPSA) is 85.1 Å². The third-order valence-corrected chi connectivity index (χ3v) is 5.90. The molecule has 3 aromatic rings. The van der Waals surface area contributed by atoms with Gasteiger partial charge in [0.15, 0.2) is 4.34 Å². The number of carbonyl (C=O) groups is 1. The normalized spacial score (nSPS) is 12.1. The van der Waals surface area contributed by atoms with Crippen LogP contribution in [0.5, 0.6) is 0 Å². The van der Waals surface area contributed by atoms with Crippen molar-refractivity contribution < 1.29 is 9.72 Å². The first-order valence-electron chi connectivity index (χ1n) is 7.21. The number of rotatable bonds is 5. The number of nitrogens with one attached hydrogen (secondary N) is 1. The van der Waals surface area contributed by atoms with Crippen LogP contribution < -0.4 is 5.32 Å². The number of nitro benzene ring substituents is 1. The number of fused-ring (bicyclic) bond motifs is 1. The summed E-state index contributed by atoms with van der Waals surface area (Å²) in [7, 11) is 0. The number of thiazole rings is 1. The lowest BCUT2D eigenvalue weighted by Crippen LogP contribution is -2.22. The Morgan fingerprint density at radius 1 is 1.36 bits per heavy atom. The van der Waals surface area contributed by atoms with Crippen LogP contribution in [-0.4, -0.2) is 21.1 Å². The fourth-order valence-electron chi connectivity index (χ4n) is 2.06. The number of para-hydroxylation sites is 1. The van der Waals surface area contributed by atoms with Crippen LogP contribution in [0.2, 0.25) is 5.02 Å². The van der Waals surface area contributed by atoms with Gasteiger partial charge in [-0.15, -0.1) is 11.3 Å². The van der Waals surface area contributed by atoms with Gasteiger partial charge < -0.3 is 5.32 Å². The van der Waals surface area contributed by atoms with Crippen LogP contribution in [0.25, 0.3) is 10.2 Å². The Morgan fingerprint density at radius 2 is 2.12 bits per heavy atom. The molecular weight excluding hydrogens is 382 g/mol. The molecule has 1 N–H and O–H groups in total. The van der Waals surface area contributed by atoms with E-state index < -0.39 is 10.2 Å². The summed E-state index contributed by atoms with van der Waals surface area (Å²) in [6.07, 6.45) is 0. The lowest BCUT2D eigenvalue weighted by Gasteiger charge is -2.11. The zero-order chi connectivity index (χ0) is 18.0. The number of hydrogen-bond acceptors (Lipinski definition) is 6. The van der Waals surface area contributed by atoms with Crippen molar-refractivity contribution in [2.45, 2.75) is 16.5 Å². The predicted molar refractivity (Wildman–Crippen MR) is 102 cm³/mol. The summed E-state index contributed by atoms with van der Waals surface area (Å²) in [6, 6.07) is 11.7. The molecule has 0 fully saturated rings. The number of anilines is 1. The molecule has 0 aliphatic heterocycles. The Bertz CT molecular complexity index is 928. The molecule has 6 nitrogen and oxygen atoms in total. The van der Waals surface area contributed by atoms with Gasteiger partial charge in [0.25, 0.3) is 5.69 Å². The lowest BCUT2D eigenvalue weighted by atomic mass is 10.2.